The van der Waals surface area contributed by atoms with Crippen LogP contribution in [0.25, 0.3) is 0 Å². The fourth-order valence-corrected chi connectivity index (χ4v) is 3.78. The molecule has 2 nitrogen and oxygen atoms in total. The summed E-state index contributed by atoms with van der Waals surface area (Å²) in [5, 5.41) is 3.50. The lowest BCUT2D eigenvalue weighted by molar-refractivity contribution is 0.321. The molecule has 96 valence electrons. The van der Waals surface area contributed by atoms with Crippen LogP contribution in [0, 0.1) is 11.8 Å². The molecule has 0 amide bonds. The molecule has 0 saturated heterocycles. The van der Waals surface area contributed by atoms with Crippen LogP contribution in [-0.4, -0.2) is 18.8 Å². The molecule has 4 rings (SSSR count). The van der Waals surface area contributed by atoms with Crippen LogP contribution in [0.3, 0.4) is 0 Å². The van der Waals surface area contributed by atoms with E-state index < -0.39 is 0 Å². The van der Waals surface area contributed by atoms with E-state index in [1.165, 1.54) is 16.8 Å². The molecular weight excluding hydrogens is 232 g/mol. The monoisotopic (exact) mass is 250 g/mol. The Hall–Kier alpha value is -1.67. The van der Waals surface area contributed by atoms with E-state index in [-0.39, 0.29) is 0 Å². The van der Waals surface area contributed by atoms with Crippen molar-refractivity contribution in [2.24, 2.45) is 16.8 Å². The van der Waals surface area contributed by atoms with Gasteiger partial charge in [0.05, 0.1) is 5.69 Å². The first kappa shape index (κ1) is 11.2. The summed E-state index contributed by atoms with van der Waals surface area (Å²) < 4.78 is 0. The predicted octanol–water partition coefficient (Wildman–Crippen LogP) is 3.04. The number of fused-ring (bicyclic) bond motifs is 1. The van der Waals surface area contributed by atoms with E-state index in [2.05, 4.69) is 54.9 Å². The van der Waals surface area contributed by atoms with Crippen molar-refractivity contribution in [3.8, 4) is 0 Å². The van der Waals surface area contributed by atoms with E-state index >= 15 is 0 Å². The van der Waals surface area contributed by atoms with Crippen LogP contribution in [0.2, 0.25) is 0 Å². The van der Waals surface area contributed by atoms with Gasteiger partial charge in [-0.15, -0.1) is 0 Å². The molecular formula is C17H18N2. The molecule has 1 aliphatic heterocycles. The Morgan fingerprint density at radius 2 is 2.11 bits per heavy atom. The molecule has 1 aromatic rings. The molecule has 0 fully saturated rings. The van der Waals surface area contributed by atoms with Crippen molar-refractivity contribution >= 4 is 11.4 Å². The van der Waals surface area contributed by atoms with Gasteiger partial charge in [0.1, 0.15) is 0 Å². The molecule has 19 heavy (non-hydrogen) atoms. The average molecular weight is 250 g/mol. The molecule has 3 aliphatic rings. The van der Waals surface area contributed by atoms with E-state index in [4.69, 9.17) is 4.99 Å². The maximum atomic E-state index is 4.91. The third-order valence-electron chi connectivity index (χ3n) is 4.74. The summed E-state index contributed by atoms with van der Waals surface area (Å²) in [4.78, 5) is 4.91. The Bertz CT molecular complexity index is 609. The van der Waals surface area contributed by atoms with Crippen LogP contribution in [0.15, 0.2) is 53.1 Å². The number of benzene rings is 1. The summed E-state index contributed by atoms with van der Waals surface area (Å²) in [6.45, 7) is 0. The fraction of sp³-hybridized carbons (Fsp3) is 0.353. The average Bonchev–Trinajstić information content (AvgIpc) is 2.76. The Morgan fingerprint density at radius 1 is 1.21 bits per heavy atom. The Labute approximate surface area is 113 Å². The standard InChI is InChI=1S/C17H18N2/c1-18-15-8-6-11-7-9-16-17(11)13(15)10-12-4-2-3-5-14(12)19-16/h2-7,9,13,15,17-18H,8,10H2,1H3/t13-,15-,17?/m0/s1. The molecule has 0 spiro atoms. The molecule has 1 aromatic carbocycles. The zero-order valence-electron chi connectivity index (χ0n) is 11.1. The number of allylic oxidation sites excluding steroid dienone is 3. The summed E-state index contributed by atoms with van der Waals surface area (Å²) in [6, 6.07) is 9.15. The van der Waals surface area contributed by atoms with Crippen LogP contribution in [0.5, 0.6) is 0 Å². The molecule has 0 radical (unpaired) electrons. The van der Waals surface area contributed by atoms with Gasteiger partial charge in [-0.2, -0.15) is 0 Å². The van der Waals surface area contributed by atoms with Gasteiger partial charge in [0, 0.05) is 17.7 Å². The third kappa shape index (κ3) is 1.63. The lowest BCUT2D eigenvalue weighted by Crippen LogP contribution is -2.42. The number of hydrogen-bond donors (Lipinski definition) is 1. The van der Waals surface area contributed by atoms with Gasteiger partial charge in [-0.3, -0.25) is 4.99 Å². The summed E-state index contributed by atoms with van der Waals surface area (Å²) in [5.41, 5.74) is 5.28. The van der Waals surface area contributed by atoms with Crippen LogP contribution < -0.4 is 5.32 Å². The predicted molar refractivity (Wildman–Crippen MR) is 78.9 cm³/mol. The van der Waals surface area contributed by atoms with Gasteiger partial charge in [-0.05, 0) is 49.1 Å². The molecule has 0 saturated carbocycles. The Balaban J connectivity index is 1.87. The molecule has 1 heterocycles. The van der Waals surface area contributed by atoms with Crippen molar-refractivity contribution in [3.63, 3.8) is 0 Å². The van der Waals surface area contributed by atoms with Crippen LogP contribution >= 0.6 is 0 Å². The maximum absolute atomic E-state index is 4.91. The second-order valence-corrected chi connectivity index (χ2v) is 5.68. The van der Waals surface area contributed by atoms with Gasteiger partial charge >= 0.3 is 0 Å². The van der Waals surface area contributed by atoms with Crippen LogP contribution in [0.1, 0.15) is 12.0 Å². The van der Waals surface area contributed by atoms with Gasteiger partial charge in [-0.25, -0.2) is 0 Å². The SMILES string of the molecule is CN[C@H]1CC=C2C=CC3=Nc4ccccc4C[C@@H]1C23. The minimum atomic E-state index is 0.499. The van der Waals surface area contributed by atoms with E-state index in [0.717, 1.165) is 18.5 Å². The van der Waals surface area contributed by atoms with Crippen molar-refractivity contribution in [2.45, 2.75) is 18.9 Å². The van der Waals surface area contributed by atoms with Gasteiger partial charge in [0.15, 0.2) is 0 Å². The van der Waals surface area contributed by atoms with Gasteiger partial charge in [0.25, 0.3) is 0 Å². The number of nitrogens with zero attached hydrogens (tertiary/aromatic N) is 1. The highest BCUT2D eigenvalue weighted by Gasteiger charge is 2.39. The zero-order valence-corrected chi connectivity index (χ0v) is 11.1. The highest BCUT2D eigenvalue weighted by molar-refractivity contribution is 6.05. The maximum Gasteiger partial charge on any atom is 0.0665 e. The number of aliphatic imine (C=N–C) groups is 1. The summed E-state index contributed by atoms with van der Waals surface area (Å²) in [5.74, 6) is 1.13. The Kier molecular flexibility index (Phi) is 2.46. The lowest BCUT2D eigenvalue weighted by atomic mass is 9.73. The van der Waals surface area contributed by atoms with E-state index in [1.807, 2.05) is 0 Å². The highest BCUT2D eigenvalue weighted by atomic mass is 14.9. The van der Waals surface area contributed by atoms with Crippen molar-refractivity contribution in [2.75, 3.05) is 7.05 Å². The molecule has 2 heteroatoms. The molecule has 0 bridgehead atoms. The van der Waals surface area contributed by atoms with E-state index in [9.17, 15) is 0 Å². The number of para-hydroxylation sites is 1. The smallest absolute Gasteiger partial charge is 0.0665 e. The Morgan fingerprint density at radius 3 is 3.00 bits per heavy atom. The van der Waals surface area contributed by atoms with E-state index in [0.29, 0.717) is 17.9 Å². The zero-order chi connectivity index (χ0) is 12.8. The molecule has 2 aliphatic carbocycles. The fourth-order valence-electron chi connectivity index (χ4n) is 3.78. The summed E-state index contributed by atoms with van der Waals surface area (Å²) in [7, 11) is 2.08. The number of nitrogens with one attached hydrogen (secondary N) is 1. The minimum absolute atomic E-state index is 0.499. The normalized spacial score (nSPS) is 31.1. The van der Waals surface area contributed by atoms with E-state index in [1.54, 1.807) is 0 Å². The lowest BCUT2D eigenvalue weighted by Gasteiger charge is -2.35. The topological polar surface area (TPSA) is 24.4 Å². The first-order valence-corrected chi connectivity index (χ1v) is 7.08. The second kappa shape index (κ2) is 4.17. The molecule has 3 atom stereocenters. The molecule has 1 unspecified atom stereocenters. The minimum Gasteiger partial charge on any atom is -0.316 e. The highest BCUT2D eigenvalue weighted by Crippen LogP contribution is 2.42. The molecule has 1 N–H and O–H groups in total. The number of hydrogen-bond acceptors (Lipinski definition) is 2. The third-order valence-corrected chi connectivity index (χ3v) is 4.74. The van der Waals surface area contributed by atoms with Crippen LogP contribution in [0.4, 0.5) is 5.69 Å². The molecule has 0 aromatic heterocycles. The van der Waals surface area contributed by atoms with Crippen molar-refractivity contribution in [1.29, 1.82) is 0 Å². The number of rotatable bonds is 1. The van der Waals surface area contributed by atoms with Crippen LogP contribution in [-0.2, 0) is 6.42 Å². The van der Waals surface area contributed by atoms with Crippen molar-refractivity contribution in [3.05, 3.63) is 53.6 Å². The van der Waals surface area contributed by atoms with Gasteiger partial charge in [-0.1, -0.05) is 30.4 Å². The largest absolute Gasteiger partial charge is 0.316 e. The quantitative estimate of drug-likeness (QED) is 0.814. The van der Waals surface area contributed by atoms with Gasteiger partial charge < -0.3 is 5.32 Å². The second-order valence-electron chi connectivity index (χ2n) is 5.68. The summed E-state index contributed by atoms with van der Waals surface area (Å²) in [6.07, 6.45) is 9.11. The van der Waals surface area contributed by atoms with Crippen molar-refractivity contribution in [1.82, 2.24) is 5.32 Å². The van der Waals surface area contributed by atoms with Crippen molar-refractivity contribution < 1.29 is 0 Å². The first-order valence-electron chi connectivity index (χ1n) is 7.08. The summed E-state index contributed by atoms with van der Waals surface area (Å²) >= 11 is 0. The first-order chi connectivity index (χ1) is 9.36. The van der Waals surface area contributed by atoms with Gasteiger partial charge in [0.2, 0.25) is 0 Å².